The molecule has 0 saturated heterocycles. The first-order valence-corrected chi connectivity index (χ1v) is 5.17. The normalized spacial score (nSPS) is 21.5. The minimum atomic E-state index is 0.511. The van der Waals surface area contributed by atoms with Crippen LogP contribution in [0.25, 0.3) is 0 Å². The van der Waals surface area contributed by atoms with Gasteiger partial charge in [-0.2, -0.15) is 0 Å². The van der Waals surface area contributed by atoms with Crippen LogP contribution in [0.5, 0.6) is 0 Å². The zero-order chi connectivity index (χ0) is 8.23. The third-order valence-electron chi connectivity index (χ3n) is 1.95. The molecule has 12 heavy (non-hydrogen) atoms. The molecular weight excluding hydrogens is 166 g/mol. The van der Waals surface area contributed by atoms with Crippen molar-refractivity contribution in [2.75, 3.05) is 5.75 Å². The number of thioether (sulfide) groups is 1. The van der Waals surface area contributed by atoms with E-state index in [4.69, 9.17) is 0 Å². The summed E-state index contributed by atoms with van der Waals surface area (Å²) < 4.78 is 0. The summed E-state index contributed by atoms with van der Waals surface area (Å²) in [5.41, 5.74) is 3.36. The van der Waals surface area contributed by atoms with Crippen LogP contribution in [0.3, 0.4) is 0 Å². The Kier molecular flexibility index (Phi) is 2.47. The number of hydrogen-bond acceptors (Lipinski definition) is 2. The molecule has 0 spiro atoms. The number of nitrogens with zero attached hydrogens (tertiary/aromatic N) is 1. The van der Waals surface area contributed by atoms with E-state index in [0.717, 1.165) is 12.2 Å². The summed E-state index contributed by atoms with van der Waals surface area (Å²) in [6, 6.07) is 11.1. The Labute approximate surface area is 76.9 Å². The molecule has 62 valence electrons. The Morgan fingerprint density at radius 1 is 1.33 bits per heavy atom. The van der Waals surface area contributed by atoms with Gasteiger partial charge in [-0.25, -0.2) is 0 Å². The van der Waals surface area contributed by atoms with Crippen molar-refractivity contribution in [3.05, 3.63) is 35.9 Å². The smallest absolute Gasteiger partial charge is 0.0640 e. The van der Waals surface area contributed by atoms with Crippen LogP contribution in [0.1, 0.15) is 5.56 Å². The third-order valence-corrected chi connectivity index (χ3v) is 2.80. The molecule has 1 atom stereocenters. The standard InChI is InChI=1S/C10H11NS/c1-2-4-9(5-3-1)6-10-7-12-8-11-10/h1-5,8,10H,6-7H2/t10-/m1/s1. The lowest BCUT2D eigenvalue weighted by atomic mass is 10.1. The molecule has 1 nitrogen and oxygen atoms in total. The zero-order valence-electron chi connectivity index (χ0n) is 6.81. The van der Waals surface area contributed by atoms with Crippen LogP contribution in [0.15, 0.2) is 35.3 Å². The van der Waals surface area contributed by atoms with E-state index in [9.17, 15) is 0 Å². The highest BCUT2D eigenvalue weighted by molar-refractivity contribution is 8.12. The van der Waals surface area contributed by atoms with Gasteiger partial charge >= 0.3 is 0 Å². The molecule has 0 bridgehead atoms. The number of hydrogen-bond donors (Lipinski definition) is 0. The fourth-order valence-corrected chi connectivity index (χ4v) is 2.09. The molecule has 1 aromatic carbocycles. The van der Waals surface area contributed by atoms with Gasteiger partial charge in [0.25, 0.3) is 0 Å². The molecule has 1 aliphatic rings. The summed E-state index contributed by atoms with van der Waals surface area (Å²) in [7, 11) is 0. The van der Waals surface area contributed by atoms with E-state index in [1.165, 1.54) is 5.56 Å². The number of rotatable bonds is 2. The van der Waals surface area contributed by atoms with E-state index in [0.29, 0.717) is 6.04 Å². The molecule has 0 aromatic heterocycles. The Morgan fingerprint density at radius 2 is 2.17 bits per heavy atom. The molecule has 0 unspecified atom stereocenters. The van der Waals surface area contributed by atoms with Gasteiger partial charge in [0.05, 0.1) is 11.6 Å². The Bertz CT molecular complexity index is 268. The lowest BCUT2D eigenvalue weighted by Crippen LogP contribution is -2.07. The minimum absolute atomic E-state index is 0.511. The van der Waals surface area contributed by atoms with Crippen LogP contribution in [-0.2, 0) is 6.42 Å². The van der Waals surface area contributed by atoms with Crippen molar-refractivity contribution in [2.45, 2.75) is 12.5 Å². The van der Waals surface area contributed by atoms with Crippen molar-refractivity contribution in [1.82, 2.24) is 0 Å². The van der Waals surface area contributed by atoms with Gasteiger partial charge in [-0.3, -0.25) is 4.99 Å². The second-order valence-corrected chi connectivity index (χ2v) is 3.81. The molecule has 1 aliphatic heterocycles. The van der Waals surface area contributed by atoms with Crippen molar-refractivity contribution < 1.29 is 0 Å². The molecule has 1 heterocycles. The molecule has 0 aliphatic carbocycles. The molecule has 2 heteroatoms. The molecule has 0 saturated carbocycles. The van der Waals surface area contributed by atoms with Crippen LogP contribution in [0, 0.1) is 0 Å². The van der Waals surface area contributed by atoms with Crippen LogP contribution in [0.2, 0.25) is 0 Å². The van der Waals surface area contributed by atoms with E-state index in [-0.39, 0.29) is 0 Å². The zero-order valence-corrected chi connectivity index (χ0v) is 7.63. The summed E-state index contributed by atoms with van der Waals surface area (Å²) in [4.78, 5) is 4.37. The van der Waals surface area contributed by atoms with E-state index in [1.807, 2.05) is 17.3 Å². The fourth-order valence-electron chi connectivity index (χ4n) is 1.32. The monoisotopic (exact) mass is 177 g/mol. The largest absolute Gasteiger partial charge is 0.282 e. The first kappa shape index (κ1) is 7.87. The molecule has 1 aromatic rings. The molecule has 0 radical (unpaired) electrons. The van der Waals surface area contributed by atoms with Gasteiger partial charge in [0, 0.05) is 5.75 Å². The maximum atomic E-state index is 4.37. The van der Waals surface area contributed by atoms with E-state index >= 15 is 0 Å². The Morgan fingerprint density at radius 3 is 2.83 bits per heavy atom. The Balaban J connectivity index is 1.99. The van der Waals surface area contributed by atoms with Gasteiger partial charge in [-0.1, -0.05) is 30.3 Å². The average molecular weight is 177 g/mol. The van der Waals surface area contributed by atoms with Gasteiger partial charge in [0.2, 0.25) is 0 Å². The SMILES string of the molecule is C1=N[C@H](Cc2ccccc2)CS1. The third kappa shape index (κ3) is 1.89. The summed E-state index contributed by atoms with van der Waals surface area (Å²) in [5, 5.41) is 0. The van der Waals surface area contributed by atoms with E-state index in [1.54, 1.807) is 0 Å². The maximum absolute atomic E-state index is 4.37. The second-order valence-electron chi connectivity index (χ2n) is 2.93. The van der Waals surface area contributed by atoms with Crippen LogP contribution < -0.4 is 0 Å². The van der Waals surface area contributed by atoms with Gasteiger partial charge in [-0.05, 0) is 12.0 Å². The van der Waals surface area contributed by atoms with Gasteiger partial charge < -0.3 is 0 Å². The topological polar surface area (TPSA) is 12.4 Å². The number of benzene rings is 1. The molecule has 0 amide bonds. The summed E-state index contributed by atoms with van der Waals surface area (Å²) >= 11 is 1.81. The number of aliphatic imine (C=N–C) groups is 1. The lowest BCUT2D eigenvalue weighted by Gasteiger charge is -2.04. The quantitative estimate of drug-likeness (QED) is 0.675. The minimum Gasteiger partial charge on any atom is -0.282 e. The highest BCUT2D eigenvalue weighted by Gasteiger charge is 2.10. The first-order chi connectivity index (χ1) is 5.95. The van der Waals surface area contributed by atoms with Crippen molar-refractivity contribution in [1.29, 1.82) is 0 Å². The van der Waals surface area contributed by atoms with Gasteiger partial charge in [0.1, 0.15) is 0 Å². The van der Waals surface area contributed by atoms with Crippen LogP contribution in [-0.4, -0.2) is 17.3 Å². The van der Waals surface area contributed by atoms with Gasteiger partial charge in [-0.15, -0.1) is 11.8 Å². The second kappa shape index (κ2) is 3.76. The molecule has 0 N–H and O–H groups in total. The predicted molar refractivity (Wildman–Crippen MR) is 54.9 cm³/mol. The highest BCUT2D eigenvalue weighted by Crippen LogP contribution is 2.15. The van der Waals surface area contributed by atoms with Crippen molar-refractivity contribution in [3.8, 4) is 0 Å². The summed E-state index contributed by atoms with van der Waals surface area (Å²) in [6.45, 7) is 0. The fraction of sp³-hybridized carbons (Fsp3) is 0.300. The van der Waals surface area contributed by atoms with Crippen LogP contribution in [0.4, 0.5) is 0 Å². The van der Waals surface area contributed by atoms with Crippen molar-refractivity contribution in [3.63, 3.8) is 0 Å². The van der Waals surface area contributed by atoms with E-state index < -0.39 is 0 Å². The van der Waals surface area contributed by atoms with Gasteiger partial charge in [0.15, 0.2) is 0 Å². The molecular formula is C10H11NS. The average Bonchev–Trinajstić information content (AvgIpc) is 2.59. The summed E-state index contributed by atoms with van der Waals surface area (Å²) in [6.07, 6.45) is 1.09. The predicted octanol–water partition coefficient (Wildman–Crippen LogP) is 2.37. The van der Waals surface area contributed by atoms with E-state index in [2.05, 4.69) is 35.3 Å². The highest BCUT2D eigenvalue weighted by atomic mass is 32.2. The van der Waals surface area contributed by atoms with Crippen LogP contribution >= 0.6 is 11.8 Å². The maximum Gasteiger partial charge on any atom is 0.0640 e. The Hall–Kier alpha value is -0.760. The molecule has 0 fully saturated rings. The lowest BCUT2D eigenvalue weighted by molar-refractivity contribution is 0.764. The van der Waals surface area contributed by atoms with Crippen molar-refractivity contribution >= 4 is 17.3 Å². The summed E-state index contributed by atoms with van der Waals surface area (Å²) in [5.74, 6) is 1.15. The van der Waals surface area contributed by atoms with Crippen molar-refractivity contribution in [2.24, 2.45) is 4.99 Å². The molecule has 2 rings (SSSR count). The first-order valence-electron chi connectivity index (χ1n) is 4.12.